The highest BCUT2D eigenvalue weighted by molar-refractivity contribution is 5.92. The van der Waals surface area contributed by atoms with Gasteiger partial charge in [-0.3, -0.25) is 0 Å². The van der Waals surface area contributed by atoms with E-state index in [0.717, 1.165) is 18.7 Å². The molecule has 0 fully saturated rings. The Bertz CT molecular complexity index is 785. The van der Waals surface area contributed by atoms with Crippen LogP contribution < -0.4 is 5.32 Å². The zero-order valence-corrected chi connectivity index (χ0v) is 22.8. The Morgan fingerprint density at radius 3 is 1.85 bits per heavy atom. The summed E-state index contributed by atoms with van der Waals surface area (Å²) >= 11 is 0. The van der Waals surface area contributed by atoms with Crippen molar-refractivity contribution in [2.45, 2.75) is 130 Å². The maximum absolute atomic E-state index is 4.32. The molecule has 1 heterocycles. The van der Waals surface area contributed by atoms with Crippen molar-refractivity contribution < 1.29 is 0 Å². The fraction of sp³-hybridized carbons (Fsp3) is 0.688. The van der Waals surface area contributed by atoms with Gasteiger partial charge in [-0.1, -0.05) is 130 Å². The van der Waals surface area contributed by atoms with Crippen LogP contribution in [-0.4, -0.2) is 11.5 Å². The van der Waals surface area contributed by atoms with Crippen molar-refractivity contribution >= 4 is 16.6 Å². The monoisotopic (exact) mass is 466 g/mol. The van der Waals surface area contributed by atoms with Crippen molar-refractivity contribution in [3.63, 3.8) is 0 Å². The summed E-state index contributed by atoms with van der Waals surface area (Å²) in [4.78, 5) is 3.41. The van der Waals surface area contributed by atoms with Gasteiger partial charge in [-0.25, -0.2) is 0 Å². The van der Waals surface area contributed by atoms with Crippen molar-refractivity contribution in [1.29, 1.82) is 0 Å². The first-order chi connectivity index (χ1) is 16.6. The van der Waals surface area contributed by atoms with Crippen LogP contribution in [0.5, 0.6) is 0 Å². The predicted octanol–water partition coefficient (Wildman–Crippen LogP) is 10.2. The Morgan fingerprint density at radius 1 is 0.794 bits per heavy atom. The van der Waals surface area contributed by atoms with Crippen LogP contribution in [-0.2, 0) is 6.42 Å². The molecule has 192 valence electrons. The summed E-state index contributed by atoms with van der Waals surface area (Å²) in [5.74, 6) is 0.677. The lowest BCUT2D eigenvalue weighted by Gasteiger charge is -2.10. The van der Waals surface area contributed by atoms with Crippen LogP contribution in [0, 0.1) is 5.92 Å². The molecular formula is C32H54N2. The molecule has 34 heavy (non-hydrogen) atoms. The third-order valence-corrected chi connectivity index (χ3v) is 7.08. The van der Waals surface area contributed by atoms with Gasteiger partial charge in [0.25, 0.3) is 0 Å². The van der Waals surface area contributed by atoms with Gasteiger partial charge < -0.3 is 10.3 Å². The van der Waals surface area contributed by atoms with Crippen LogP contribution in [0.25, 0.3) is 16.6 Å². The second-order valence-corrected chi connectivity index (χ2v) is 10.9. The van der Waals surface area contributed by atoms with Crippen LogP contribution in [0.3, 0.4) is 0 Å². The van der Waals surface area contributed by atoms with Gasteiger partial charge in [-0.2, -0.15) is 0 Å². The molecule has 2 nitrogen and oxygen atoms in total. The number of unbranched alkanes of at least 4 members (excludes halogenated alkanes) is 15. The van der Waals surface area contributed by atoms with E-state index in [9.17, 15) is 0 Å². The highest BCUT2D eigenvalue weighted by atomic mass is 14.9. The molecule has 0 amide bonds. The molecule has 2 N–H and O–H groups in total. The highest BCUT2D eigenvalue weighted by Gasteiger charge is 2.08. The second-order valence-electron chi connectivity index (χ2n) is 10.9. The average molecular weight is 467 g/mol. The summed E-state index contributed by atoms with van der Waals surface area (Å²) in [5.41, 5.74) is 4.88. The van der Waals surface area contributed by atoms with Crippen molar-refractivity contribution in [3.8, 4) is 0 Å². The van der Waals surface area contributed by atoms with E-state index in [4.69, 9.17) is 0 Å². The van der Waals surface area contributed by atoms with Crippen molar-refractivity contribution in [1.82, 2.24) is 10.3 Å². The van der Waals surface area contributed by atoms with E-state index in [2.05, 4.69) is 62.0 Å². The van der Waals surface area contributed by atoms with Gasteiger partial charge >= 0.3 is 0 Å². The van der Waals surface area contributed by atoms with Crippen LogP contribution in [0.1, 0.15) is 135 Å². The van der Waals surface area contributed by atoms with E-state index in [1.54, 1.807) is 0 Å². The number of nitrogens with one attached hydrogen (secondary N) is 2. The predicted molar refractivity (Wildman–Crippen MR) is 153 cm³/mol. The Kier molecular flexibility index (Phi) is 14.9. The van der Waals surface area contributed by atoms with E-state index in [-0.39, 0.29) is 0 Å². The normalized spacial score (nSPS) is 11.5. The minimum atomic E-state index is 0.677. The summed E-state index contributed by atoms with van der Waals surface area (Å²) in [6.45, 7) is 12.2. The topological polar surface area (TPSA) is 27.8 Å². The fourth-order valence-corrected chi connectivity index (χ4v) is 5.02. The molecule has 0 aliphatic rings. The molecule has 0 radical (unpaired) electrons. The van der Waals surface area contributed by atoms with E-state index in [0.29, 0.717) is 5.92 Å². The molecule has 0 bridgehead atoms. The molecule has 2 rings (SSSR count). The summed E-state index contributed by atoms with van der Waals surface area (Å²) in [6, 6.07) is 6.79. The largest absolute Gasteiger partial charge is 0.385 e. The molecule has 0 unspecified atom stereocenters. The number of aromatic amines is 1. The number of hydrogen-bond acceptors (Lipinski definition) is 1. The molecule has 0 saturated heterocycles. The number of aromatic nitrogens is 1. The molecule has 0 saturated carbocycles. The molecule has 1 aromatic carbocycles. The Morgan fingerprint density at radius 2 is 1.32 bits per heavy atom. The summed E-state index contributed by atoms with van der Waals surface area (Å²) < 4.78 is 0. The first-order valence-electron chi connectivity index (χ1n) is 14.6. The minimum Gasteiger partial charge on any atom is -0.385 e. The summed E-state index contributed by atoms with van der Waals surface area (Å²) in [7, 11) is 0. The molecule has 1 aromatic heterocycles. The average Bonchev–Trinajstić information content (AvgIpc) is 3.24. The molecule has 0 aliphatic heterocycles. The molecule has 2 heteroatoms. The van der Waals surface area contributed by atoms with Gasteiger partial charge in [0.05, 0.1) is 0 Å². The van der Waals surface area contributed by atoms with Crippen molar-refractivity contribution in [2.24, 2.45) is 5.92 Å². The van der Waals surface area contributed by atoms with Crippen LogP contribution in [0.15, 0.2) is 31.0 Å². The van der Waals surface area contributed by atoms with Crippen molar-refractivity contribution in [3.05, 3.63) is 42.1 Å². The number of hydrogen-bond donors (Lipinski definition) is 2. The van der Waals surface area contributed by atoms with Crippen LogP contribution in [0.2, 0.25) is 0 Å². The van der Waals surface area contributed by atoms with Crippen LogP contribution >= 0.6 is 0 Å². The second kappa shape index (κ2) is 17.7. The highest BCUT2D eigenvalue weighted by Crippen LogP contribution is 2.25. The quantitative estimate of drug-likeness (QED) is 0.176. The number of fused-ring (bicyclic) bond motifs is 1. The Hall–Kier alpha value is -1.70. The van der Waals surface area contributed by atoms with Gasteiger partial charge in [0.2, 0.25) is 0 Å². The molecule has 0 spiro atoms. The van der Waals surface area contributed by atoms with E-state index in [1.165, 1.54) is 125 Å². The third-order valence-electron chi connectivity index (χ3n) is 7.08. The van der Waals surface area contributed by atoms with Gasteiger partial charge in [0.1, 0.15) is 0 Å². The van der Waals surface area contributed by atoms with Crippen LogP contribution in [0.4, 0.5) is 0 Å². The summed E-state index contributed by atoms with van der Waals surface area (Å²) in [5, 5.41) is 4.87. The zero-order chi connectivity index (χ0) is 24.4. The van der Waals surface area contributed by atoms with Crippen molar-refractivity contribution in [2.75, 3.05) is 6.54 Å². The number of benzene rings is 1. The number of rotatable bonds is 21. The molecule has 0 aliphatic carbocycles. The van der Waals surface area contributed by atoms with Gasteiger partial charge in [0.15, 0.2) is 0 Å². The SMILES string of the molecule is C=C(NCCCCCCCCCCCCCCCCCC)c1c[nH]c2ccc(CC(C)C)cc12. The smallest absolute Gasteiger partial charge is 0.0461 e. The maximum atomic E-state index is 4.32. The Balaban J connectivity index is 1.46. The van der Waals surface area contributed by atoms with Gasteiger partial charge in [0, 0.05) is 34.9 Å². The third kappa shape index (κ3) is 11.6. The van der Waals surface area contributed by atoms with E-state index in [1.807, 2.05) is 0 Å². The lowest BCUT2D eigenvalue weighted by Crippen LogP contribution is -2.12. The molecular weight excluding hydrogens is 412 g/mol. The lowest BCUT2D eigenvalue weighted by molar-refractivity contribution is 0.529. The maximum Gasteiger partial charge on any atom is 0.0461 e. The van der Waals surface area contributed by atoms with E-state index >= 15 is 0 Å². The zero-order valence-electron chi connectivity index (χ0n) is 22.8. The van der Waals surface area contributed by atoms with E-state index < -0.39 is 0 Å². The lowest BCUT2D eigenvalue weighted by atomic mass is 10.0. The van der Waals surface area contributed by atoms with Gasteiger partial charge in [-0.15, -0.1) is 0 Å². The summed E-state index contributed by atoms with van der Waals surface area (Å²) in [6.07, 6.45) is 25.9. The first-order valence-corrected chi connectivity index (χ1v) is 14.6. The first kappa shape index (κ1) is 28.5. The Labute approximate surface area is 211 Å². The number of H-pyrrole nitrogens is 1. The molecule has 2 aromatic rings. The van der Waals surface area contributed by atoms with Gasteiger partial charge in [-0.05, 0) is 36.5 Å². The minimum absolute atomic E-state index is 0.677. The molecule has 0 atom stereocenters. The standard InChI is InChI=1S/C32H54N2/c1-5-6-7-8-9-10-11-12-13-14-15-16-17-18-19-20-23-33-28(4)31-26-34-32-22-21-29(24-27(2)3)25-30(31)32/h21-22,25-27,33-34H,4-20,23-24H2,1-3H3. The fourth-order valence-electron chi connectivity index (χ4n) is 5.02.